The highest BCUT2D eigenvalue weighted by Crippen LogP contribution is 2.19. The molecule has 2 nitrogen and oxygen atoms in total. The van der Waals surface area contributed by atoms with Gasteiger partial charge in [-0.1, -0.05) is 22.0 Å². The number of amides is 1. The van der Waals surface area contributed by atoms with Crippen LogP contribution >= 0.6 is 15.9 Å². The van der Waals surface area contributed by atoms with E-state index in [0.717, 1.165) is 10.9 Å². The van der Waals surface area contributed by atoms with E-state index in [0.29, 0.717) is 13.0 Å². The topological polar surface area (TPSA) is 29.1 Å². The van der Waals surface area contributed by atoms with Gasteiger partial charge in [-0.15, -0.1) is 0 Å². The van der Waals surface area contributed by atoms with Crippen LogP contribution in [0.4, 0.5) is 0 Å². The van der Waals surface area contributed by atoms with Gasteiger partial charge in [-0.2, -0.15) is 0 Å². The van der Waals surface area contributed by atoms with Crippen molar-refractivity contribution < 1.29 is 4.79 Å². The van der Waals surface area contributed by atoms with Gasteiger partial charge in [0.05, 0.1) is 0 Å². The average Bonchev–Trinajstić information content (AvgIpc) is 2.29. The zero-order chi connectivity index (χ0) is 9.26. The van der Waals surface area contributed by atoms with Gasteiger partial charge in [0, 0.05) is 17.4 Å². The van der Waals surface area contributed by atoms with Crippen LogP contribution in [0.1, 0.15) is 17.5 Å². The molecule has 1 aliphatic heterocycles. The second-order valence-electron chi connectivity index (χ2n) is 3.19. The maximum atomic E-state index is 11.1. The van der Waals surface area contributed by atoms with Gasteiger partial charge in [-0.3, -0.25) is 4.79 Å². The highest BCUT2D eigenvalue weighted by atomic mass is 79.9. The van der Waals surface area contributed by atoms with Gasteiger partial charge < -0.3 is 5.32 Å². The summed E-state index contributed by atoms with van der Waals surface area (Å²) in [5.41, 5.74) is 2.50. The Kier molecular flexibility index (Phi) is 2.36. The van der Waals surface area contributed by atoms with Crippen LogP contribution in [0.15, 0.2) is 22.7 Å². The Hall–Kier alpha value is -0.830. The molecule has 1 aliphatic rings. The van der Waals surface area contributed by atoms with Crippen LogP contribution in [0.3, 0.4) is 0 Å². The molecular formula is C10H10BrNO. The minimum Gasteiger partial charge on any atom is -0.352 e. The first-order chi connectivity index (χ1) is 6.25. The third kappa shape index (κ3) is 1.91. The SMILES string of the molecule is O=C1CCc2cc(Br)ccc2CN1. The summed E-state index contributed by atoms with van der Waals surface area (Å²) >= 11 is 3.43. The highest BCUT2D eigenvalue weighted by molar-refractivity contribution is 9.10. The molecule has 0 saturated carbocycles. The summed E-state index contributed by atoms with van der Waals surface area (Å²) in [5.74, 6) is 0.146. The van der Waals surface area contributed by atoms with Gasteiger partial charge in [0.2, 0.25) is 5.91 Å². The maximum absolute atomic E-state index is 11.1. The van der Waals surface area contributed by atoms with E-state index in [2.05, 4.69) is 33.4 Å². The zero-order valence-corrected chi connectivity index (χ0v) is 8.73. The molecular weight excluding hydrogens is 230 g/mol. The minimum atomic E-state index is 0.146. The van der Waals surface area contributed by atoms with Gasteiger partial charge in [0.1, 0.15) is 0 Å². The molecule has 0 fully saturated rings. The molecule has 1 heterocycles. The molecule has 0 saturated heterocycles. The molecule has 1 aromatic rings. The Morgan fingerprint density at radius 3 is 2.92 bits per heavy atom. The van der Waals surface area contributed by atoms with Gasteiger partial charge >= 0.3 is 0 Å². The standard InChI is InChI=1S/C10H10BrNO/c11-9-3-1-8-6-12-10(13)4-2-7(8)5-9/h1,3,5H,2,4,6H2,(H,12,13). The predicted molar refractivity (Wildman–Crippen MR) is 54.3 cm³/mol. The number of hydrogen-bond acceptors (Lipinski definition) is 1. The fraction of sp³-hybridized carbons (Fsp3) is 0.300. The number of halogens is 1. The first-order valence-corrected chi connectivity index (χ1v) is 5.09. The highest BCUT2D eigenvalue weighted by Gasteiger charge is 2.11. The van der Waals surface area contributed by atoms with E-state index < -0.39 is 0 Å². The Morgan fingerprint density at radius 1 is 1.23 bits per heavy atom. The van der Waals surface area contributed by atoms with Crippen molar-refractivity contribution >= 4 is 21.8 Å². The fourth-order valence-electron chi connectivity index (χ4n) is 1.53. The van der Waals surface area contributed by atoms with Crippen LogP contribution in [0.2, 0.25) is 0 Å². The van der Waals surface area contributed by atoms with Crippen molar-refractivity contribution in [2.75, 3.05) is 0 Å². The lowest BCUT2D eigenvalue weighted by molar-refractivity contribution is -0.121. The number of fused-ring (bicyclic) bond motifs is 1. The van der Waals surface area contributed by atoms with Crippen molar-refractivity contribution in [1.82, 2.24) is 5.32 Å². The number of carbonyl (C=O) groups is 1. The van der Waals surface area contributed by atoms with E-state index in [-0.39, 0.29) is 5.91 Å². The van der Waals surface area contributed by atoms with Crippen LogP contribution in [-0.2, 0) is 17.8 Å². The fourth-order valence-corrected chi connectivity index (χ4v) is 1.94. The molecule has 0 unspecified atom stereocenters. The summed E-state index contributed by atoms with van der Waals surface area (Å²) in [6.45, 7) is 0.668. The Bertz CT molecular complexity index is 349. The number of hydrogen-bond donors (Lipinski definition) is 1. The summed E-state index contributed by atoms with van der Waals surface area (Å²) in [6.07, 6.45) is 1.45. The van der Waals surface area contributed by atoms with Crippen molar-refractivity contribution in [3.05, 3.63) is 33.8 Å². The summed E-state index contributed by atoms with van der Waals surface area (Å²) in [6, 6.07) is 6.16. The van der Waals surface area contributed by atoms with Gasteiger partial charge in [-0.05, 0) is 29.7 Å². The van der Waals surface area contributed by atoms with E-state index in [9.17, 15) is 4.79 Å². The summed E-state index contributed by atoms with van der Waals surface area (Å²) < 4.78 is 1.08. The molecule has 68 valence electrons. The molecule has 0 aromatic heterocycles. The van der Waals surface area contributed by atoms with Crippen LogP contribution in [-0.4, -0.2) is 5.91 Å². The smallest absolute Gasteiger partial charge is 0.220 e. The molecule has 1 amide bonds. The van der Waals surface area contributed by atoms with Crippen LogP contribution in [0, 0.1) is 0 Å². The molecule has 3 heteroatoms. The lowest BCUT2D eigenvalue weighted by Crippen LogP contribution is -2.20. The molecule has 2 rings (SSSR count). The number of nitrogens with one attached hydrogen (secondary N) is 1. The molecule has 13 heavy (non-hydrogen) atoms. The Balaban J connectivity index is 2.35. The van der Waals surface area contributed by atoms with Gasteiger partial charge in [0.25, 0.3) is 0 Å². The number of aryl methyl sites for hydroxylation is 1. The Morgan fingerprint density at radius 2 is 2.08 bits per heavy atom. The van der Waals surface area contributed by atoms with E-state index in [1.807, 2.05) is 6.07 Å². The van der Waals surface area contributed by atoms with Crippen molar-refractivity contribution in [2.24, 2.45) is 0 Å². The molecule has 0 radical (unpaired) electrons. The van der Waals surface area contributed by atoms with Crippen LogP contribution in [0.25, 0.3) is 0 Å². The largest absolute Gasteiger partial charge is 0.352 e. The molecule has 1 N–H and O–H groups in total. The summed E-state index contributed by atoms with van der Waals surface area (Å²) in [7, 11) is 0. The minimum absolute atomic E-state index is 0.146. The van der Waals surface area contributed by atoms with E-state index in [1.54, 1.807) is 0 Å². The van der Waals surface area contributed by atoms with Crippen molar-refractivity contribution in [3.63, 3.8) is 0 Å². The third-order valence-corrected chi connectivity index (χ3v) is 2.76. The van der Waals surface area contributed by atoms with Crippen molar-refractivity contribution in [1.29, 1.82) is 0 Å². The second kappa shape index (κ2) is 3.50. The van der Waals surface area contributed by atoms with Crippen molar-refractivity contribution in [3.8, 4) is 0 Å². The first kappa shape index (κ1) is 8.75. The normalized spacial score (nSPS) is 15.9. The zero-order valence-electron chi connectivity index (χ0n) is 7.14. The molecule has 0 spiro atoms. The number of rotatable bonds is 0. The van der Waals surface area contributed by atoms with Crippen LogP contribution in [0.5, 0.6) is 0 Å². The van der Waals surface area contributed by atoms with E-state index in [4.69, 9.17) is 0 Å². The average molecular weight is 240 g/mol. The Labute approximate surface area is 85.5 Å². The lowest BCUT2D eigenvalue weighted by Gasteiger charge is -2.04. The number of benzene rings is 1. The number of carbonyl (C=O) groups excluding carboxylic acids is 1. The summed E-state index contributed by atoms with van der Waals surface area (Å²) in [5, 5.41) is 2.87. The quantitative estimate of drug-likeness (QED) is 0.738. The lowest BCUT2D eigenvalue weighted by atomic mass is 10.0. The van der Waals surface area contributed by atoms with E-state index >= 15 is 0 Å². The van der Waals surface area contributed by atoms with Gasteiger partial charge in [-0.25, -0.2) is 0 Å². The second-order valence-corrected chi connectivity index (χ2v) is 4.11. The molecule has 1 aromatic carbocycles. The first-order valence-electron chi connectivity index (χ1n) is 4.30. The van der Waals surface area contributed by atoms with Crippen molar-refractivity contribution in [2.45, 2.75) is 19.4 Å². The maximum Gasteiger partial charge on any atom is 0.220 e. The molecule has 0 bridgehead atoms. The predicted octanol–water partition coefficient (Wildman–Crippen LogP) is 2.01. The summed E-state index contributed by atoms with van der Waals surface area (Å²) in [4.78, 5) is 11.1. The molecule has 0 atom stereocenters. The molecule has 0 aliphatic carbocycles. The third-order valence-electron chi connectivity index (χ3n) is 2.27. The van der Waals surface area contributed by atoms with Crippen LogP contribution < -0.4 is 5.32 Å². The van der Waals surface area contributed by atoms with Gasteiger partial charge in [0.15, 0.2) is 0 Å². The van der Waals surface area contributed by atoms with E-state index in [1.165, 1.54) is 11.1 Å². The monoisotopic (exact) mass is 239 g/mol.